The van der Waals surface area contributed by atoms with Crippen LogP contribution in [0.5, 0.6) is 0 Å². The first kappa shape index (κ1) is 13.0. The summed E-state index contributed by atoms with van der Waals surface area (Å²) in [7, 11) is -1.69. The number of hydrogen-bond donors (Lipinski definition) is 2. The molecule has 1 aromatic carbocycles. The summed E-state index contributed by atoms with van der Waals surface area (Å²) >= 11 is 1.34. The Labute approximate surface area is 108 Å². The lowest BCUT2D eigenvalue weighted by atomic mass is 9.77. The van der Waals surface area contributed by atoms with Gasteiger partial charge in [0.15, 0.2) is 5.16 Å². The summed E-state index contributed by atoms with van der Waals surface area (Å²) in [5.41, 5.74) is 0.808. The lowest BCUT2D eigenvalue weighted by Gasteiger charge is -2.08. The molecule has 0 spiro atoms. The van der Waals surface area contributed by atoms with Crippen LogP contribution < -0.4 is 5.46 Å². The Balaban J connectivity index is 2.14. The van der Waals surface area contributed by atoms with E-state index in [0.717, 1.165) is 6.07 Å². The quantitative estimate of drug-likeness (QED) is 0.480. The number of rotatable bonds is 4. The fourth-order valence-electron chi connectivity index (χ4n) is 1.44. The van der Waals surface area contributed by atoms with E-state index in [4.69, 9.17) is 0 Å². The molecule has 4 nitrogen and oxygen atoms in total. The predicted octanol–water partition coefficient (Wildman–Crippen LogP) is 0.588. The minimum absolute atomic E-state index is 0.165. The molecule has 7 heteroatoms. The topological polar surface area (TPSA) is 66.2 Å². The number of halogens is 1. The highest BCUT2D eigenvalue weighted by Gasteiger charge is 2.17. The maximum atomic E-state index is 13.0. The second kappa shape index (κ2) is 5.95. The Morgan fingerprint density at radius 1 is 1.22 bits per heavy atom. The summed E-state index contributed by atoms with van der Waals surface area (Å²) in [6, 6.07) is 5.64. The Bertz CT molecular complexity index is 528. The summed E-state index contributed by atoms with van der Waals surface area (Å²) < 4.78 is 13.0. The second-order valence-corrected chi connectivity index (χ2v) is 4.48. The lowest BCUT2D eigenvalue weighted by molar-refractivity contribution is 0.425. The van der Waals surface area contributed by atoms with Crippen molar-refractivity contribution in [2.45, 2.75) is 10.9 Å². The van der Waals surface area contributed by atoms with Crippen molar-refractivity contribution < 1.29 is 14.4 Å². The third-order valence-corrected chi connectivity index (χ3v) is 3.21. The van der Waals surface area contributed by atoms with E-state index in [0.29, 0.717) is 16.5 Å². The minimum atomic E-state index is -1.69. The smallest absolute Gasteiger partial charge is 0.423 e. The van der Waals surface area contributed by atoms with Crippen LogP contribution in [-0.4, -0.2) is 27.1 Å². The number of thioether (sulfide) groups is 1. The highest BCUT2D eigenvalue weighted by atomic mass is 32.2. The normalized spacial score (nSPS) is 10.4. The van der Waals surface area contributed by atoms with Crippen molar-refractivity contribution in [3.05, 3.63) is 48.0 Å². The van der Waals surface area contributed by atoms with E-state index < -0.39 is 12.9 Å². The molecule has 0 fully saturated rings. The highest BCUT2D eigenvalue weighted by Crippen LogP contribution is 2.17. The highest BCUT2D eigenvalue weighted by molar-refractivity contribution is 7.98. The molecule has 0 aliphatic carbocycles. The van der Waals surface area contributed by atoms with E-state index in [1.54, 1.807) is 18.5 Å². The summed E-state index contributed by atoms with van der Waals surface area (Å²) in [6.07, 6.45) is 3.25. The summed E-state index contributed by atoms with van der Waals surface area (Å²) in [6.45, 7) is 0. The van der Waals surface area contributed by atoms with Gasteiger partial charge in [-0.15, -0.1) is 0 Å². The van der Waals surface area contributed by atoms with Gasteiger partial charge in [0.05, 0.1) is 0 Å². The van der Waals surface area contributed by atoms with Gasteiger partial charge in [-0.3, -0.25) is 0 Å². The maximum absolute atomic E-state index is 13.0. The van der Waals surface area contributed by atoms with Crippen LogP contribution >= 0.6 is 11.8 Å². The average molecular weight is 264 g/mol. The molecular formula is C11H10BFN2O2S. The molecule has 0 saturated heterocycles. The van der Waals surface area contributed by atoms with Gasteiger partial charge in [0.1, 0.15) is 5.82 Å². The van der Waals surface area contributed by atoms with Crippen LogP contribution in [0.25, 0.3) is 0 Å². The van der Waals surface area contributed by atoms with Gasteiger partial charge in [-0.2, -0.15) is 0 Å². The number of aromatic nitrogens is 2. The molecule has 0 bridgehead atoms. The van der Waals surface area contributed by atoms with Gasteiger partial charge in [-0.25, -0.2) is 14.4 Å². The zero-order valence-electron chi connectivity index (χ0n) is 9.32. The van der Waals surface area contributed by atoms with Gasteiger partial charge in [0.2, 0.25) is 0 Å². The fourth-order valence-corrected chi connectivity index (χ4v) is 2.26. The van der Waals surface area contributed by atoms with Crippen molar-refractivity contribution in [3.8, 4) is 0 Å². The first-order valence-electron chi connectivity index (χ1n) is 5.21. The first-order valence-corrected chi connectivity index (χ1v) is 6.19. The lowest BCUT2D eigenvalue weighted by Crippen LogP contribution is -2.33. The zero-order valence-corrected chi connectivity index (χ0v) is 10.1. The molecule has 2 aromatic rings. The fraction of sp³-hybridized carbons (Fsp3) is 0.0909. The van der Waals surface area contributed by atoms with Crippen molar-refractivity contribution >= 4 is 24.3 Å². The van der Waals surface area contributed by atoms with Crippen LogP contribution in [0, 0.1) is 5.82 Å². The molecule has 2 rings (SSSR count). The summed E-state index contributed by atoms with van der Waals surface area (Å²) in [5.74, 6) is -0.0557. The van der Waals surface area contributed by atoms with E-state index in [2.05, 4.69) is 9.97 Å². The Kier molecular flexibility index (Phi) is 4.30. The molecule has 0 radical (unpaired) electrons. The first-order chi connectivity index (χ1) is 8.66. The largest absolute Gasteiger partial charge is 0.488 e. The molecule has 92 valence electrons. The number of nitrogens with zero attached hydrogens (tertiary/aromatic N) is 2. The zero-order chi connectivity index (χ0) is 13.0. The molecule has 0 atom stereocenters. The number of benzene rings is 1. The minimum Gasteiger partial charge on any atom is -0.423 e. The van der Waals surface area contributed by atoms with Crippen LogP contribution in [0.3, 0.4) is 0 Å². The summed E-state index contributed by atoms with van der Waals surface area (Å²) in [4.78, 5) is 8.08. The molecule has 2 N–H and O–H groups in total. The molecule has 0 amide bonds. The van der Waals surface area contributed by atoms with Crippen LogP contribution in [0.1, 0.15) is 5.56 Å². The van der Waals surface area contributed by atoms with Crippen LogP contribution in [0.4, 0.5) is 4.39 Å². The van der Waals surface area contributed by atoms with Crippen molar-refractivity contribution in [2.75, 3.05) is 0 Å². The van der Waals surface area contributed by atoms with Crippen molar-refractivity contribution in [1.29, 1.82) is 0 Å². The van der Waals surface area contributed by atoms with Gasteiger partial charge in [0.25, 0.3) is 0 Å². The van der Waals surface area contributed by atoms with Gasteiger partial charge in [0, 0.05) is 18.1 Å². The average Bonchev–Trinajstić information content (AvgIpc) is 2.38. The van der Waals surface area contributed by atoms with Crippen molar-refractivity contribution in [3.63, 3.8) is 0 Å². The maximum Gasteiger partial charge on any atom is 0.488 e. The molecule has 18 heavy (non-hydrogen) atoms. The number of hydrogen-bond acceptors (Lipinski definition) is 5. The molecule has 1 aromatic heterocycles. The van der Waals surface area contributed by atoms with E-state index in [9.17, 15) is 14.4 Å². The van der Waals surface area contributed by atoms with Gasteiger partial charge < -0.3 is 10.0 Å². The van der Waals surface area contributed by atoms with E-state index in [-0.39, 0.29) is 5.46 Å². The van der Waals surface area contributed by atoms with Crippen molar-refractivity contribution in [2.24, 2.45) is 0 Å². The Hall–Kier alpha value is -1.44. The molecule has 0 aliphatic heterocycles. The Morgan fingerprint density at radius 3 is 2.61 bits per heavy atom. The molecule has 0 saturated carbocycles. The van der Waals surface area contributed by atoms with E-state index >= 15 is 0 Å². The molecular weight excluding hydrogens is 254 g/mol. The SMILES string of the molecule is OB(O)c1cc(F)ccc1CSc1ncccn1. The van der Waals surface area contributed by atoms with Gasteiger partial charge in [-0.05, 0) is 29.2 Å². The van der Waals surface area contributed by atoms with Crippen molar-refractivity contribution in [1.82, 2.24) is 9.97 Å². The molecule has 1 heterocycles. The van der Waals surface area contributed by atoms with Crippen LogP contribution in [0.15, 0.2) is 41.8 Å². The standard InChI is InChI=1S/C11H10BFN2O2S/c13-9-3-2-8(10(6-9)12(16)17)7-18-11-14-4-1-5-15-11/h1-6,16-17H,7H2. The predicted molar refractivity (Wildman–Crippen MR) is 67.8 cm³/mol. The van der Waals surface area contributed by atoms with Gasteiger partial charge >= 0.3 is 7.12 Å². The second-order valence-electron chi connectivity index (χ2n) is 3.54. The third-order valence-electron chi connectivity index (χ3n) is 2.28. The molecule has 0 aliphatic rings. The summed E-state index contributed by atoms with van der Waals surface area (Å²) in [5, 5.41) is 18.9. The van der Waals surface area contributed by atoms with E-state index in [1.165, 1.54) is 23.9 Å². The van der Waals surface area contributed by atoms with E-state index in [1.807, 2.05) is 0 Å². The third kappa shape index (κ3) is 3.28. The van der Waals surface area contributed by atoms with Crippen LogP contribution in [-0.2, 0) is 5.75 Å². The van der Waals surface area contributed by atoms with Crippen LogP contribution in [0.2, 0.25) is 0 Å². The molecule has 0 unspecified atom stereocenters. The van der Waals surface area contributed by atoms with Gasteiger partial charge in [-0.1, -0.05) is 17.8 Å². The Morgan fingerprint density at radius 2 is 1.94 bits per heavy atom. The monoisotopic (exact) mass is 264 g/mol.